The van der Waals surface area contributed by atoms with E-state index >= 15 is 0 Å². The van der Waals surface area contributed by atoms with Crippen LogP contribution in [-0.4, -0.2) is 15.6 Å². The molecule has 0 aliphatic rings. The van der Waals surface area contributed by atoms with Crippen LogP contribution in [-0.2, 0) is 9.53 Å². The molecular formula is C26H42Br2O2. The third-order valence-electron chi connectivity index (χ3n) is 5.65. The highest BCUT2D eigenvalue weighted by atomic mass is 79.9. The zero-order valence-electron chi connectivity index (χ0n) is 19.1. The summed E-state index contributed by atoms with van der Waals surface area (Å²) in [4.78, 5) is 12.4. The van der Waals surface area contributed by atoms with E-state index in [2.05, 4.69) is 38.8 Å². The molecule has 30 heavy (non-hydrogen) atoms. The summed E-state index contributed by atoms with van der Waals surface area (Å²) in [7, 11) is 0. The monoisotopic (exact) mass is 544 g/mol. The number of ether oxygens (including phenoxy) is 1. The molecule has 0 aliphatic carbocycles. The molecule has 0 amide bonds. The Morgan fingerprint density at radius 1 is 0.833 bits per heavy atom. The lowest BCUT2D eigenvalue weighted by atomic mass is 10.0. The third kappa shape index (κ3) is 13.9. The summed E-state index contributed by atoms with van der Waals surface area (Å²) in [6, 6.07) is 9.88. The molecule has 0 aromatic heterocycles. The van der Waals surface area contributed by atoms with E-state index < -0.39 is 0 Å². The predicted molar refractivity (Wildman–Crippen MR) is 137 cm³/mol. The topological polar surface area (TPSA) is 26.3 Å². The van der Waals surface area contributed by atoms with E-state index in [9.17, 15) is 4.79 Å². The van der Waals surface area contributed by atoms with Gasteiger partial charge in [-0.1, -0.05) is 146 Å². The standard InChI is InChI=1S/C26H42Br2O2/c1-3-4-5-6-7-8-9-10-11-12-13-17-20-24(27)21-25(28)26(29)30-22(2)23-18-15-14-16-19-23/h14-16,18-19,22,24-25H,3-13,17,20-21H2,1-2H3. The smallest absolute Gasteiger partial charge is 0.320 e. The van der Waals surface area contributed by atoms with Crippen molar-refractivity contribution in [3.8, 4) is 0 Å². The van der Waals surface area contributed by atoms with Crippen LogP contribution >= 0.6 is 31.9 Å². The van der Waals surface area contributed by atoms with Gasteiger partial charge in [0.1, 0.15) is 10.9 Å². The first kappa shape index (κ1) is 27.7. The number of halogens is 2. The molecule has 0 spiro atoms. The van der Waals surface area contributed by atoms with E-state index in [1.165, 1.54) is 77.0 Å². The lowest BCUT2D eigenvalue weighted by Crippen LogP contribution is -2.22. The van der Waals surface area contributed by atoms with E-state index in [-0.39, 0.29) is 16.9 Å². The molecule has 0 bridgehead atoms. The van der Waals surface area contributed by atoms with Gasteiger partial charge in [-0.3, -0.25) is 4.79 Å². The maximum atomic E-state index is 12.3. The van der Waals surface area contributed by atoms with Crippen molar-refractivity contribution in [2.45, 2.75) is 119 Å². The Bertz CT molecular complexity index is 535. The molecule has 0 N–H and O–H groups in total. The van der Waals surface area contributed by atoms with Gasteiger partial charge in [0.05, 0.1) is 0 Å². The molecule has 0 aliphatic heterocycles. The highest BCUT2D eigenvalue weighted by Gasteiger charge is 2.22. The van der Waals surface area contributed by atoms with Crippen LogP contribution in [0.2, 0.25) is 0 Å². The average molecular weight is 546 g/mol. The van der Waals surface area contributed by atoms with E-state index in [0.29, 0.717) is 4.83 Å². The van der Waals surface area contributed by atoms with Gasteiger partial charge in [-0.25, -0.2) is 0 Å². The molecule has 4 heteroatoms. The molecule has 1 aromatic rings. The molecule has 1 aromatic carbocycles. The quantitative estimate of drug-likeness (QED) is 0.104. The van der Waals surface area contributed by atoms with Gasteiger partial charge in [0.15, 0.2) is 0 Å². The first-order valence-electron chi connectivity index (χ1n) is 12.1. The summed E-state index contributed by atoms with van der Waals surface area (Å²) in [6.45, 7) is 4.20. The Balaban J connectivity index is 2.01. The summed E-state index contributed by atoms with van der Waals surface area (Å²) in [5.41, 5.74) is 1.03. The van der Waals surface area contributed by atoms with E-state index in [1.807, 2.05) is 37.3 Å². The maximum absolute atomic E-state index is 12.3. The Hall–Kier alpha value is -0.350. The van der Waals surface area contributed by atoms with Crippen molar-refractivity contribution in [2.24, 2.45) is 0 Å². The van der Waals surface area contributed by atoms with Crippen LogP contribution in [0.5, 0.6) is 0 Å². The van der Waals surface area contributed by atoms with Gasteiger partial charge < -0.3 is 4.74 Å². The van der Waals surface area contributed by atoms with E-state index in [4.69, 9.17) is 4.74 Å². The summed E-state index contributed by atoms with van der Waals surface area (Å²) in [6.07, 6.45) is 18.1. The van der Waals surface area contributed by atoms with Gasteiger partial charge >= 0.3 is 5.97 Å². The summed E-state index contributed by atoms with van der Waals surface area (Å²) in [5.74, 6) is -0.175. The van der Waals surface area contributed by atoms with E-state index in [0.717, 1.165) is 18.4 Å². The number of esters is 1. The van der Waals surface area contributed by atoms with Crippen molar-refractivity contribution in [3.05, 3.63) is 35.9 Å². The van der Waals surface area contributed by atoms with Gasteiger partial charge in [-0.15, -0.1) is 0 Å². The molecule has 3 unspecified atom stereocenters. The molecule has 0 saturated heterocycles. The molecule has 0 fully saturated rings. The Labute approximate surface area is 202 Å². The van der Waals surface area contributed by atoms with Crippen molar-refractivity contribution in [1.29, 1.82) is 0 Å². The number of benzene rings is 1. The highest BCUT2D eigenvalue weighted by Crippen LogP contribution is 2.24. The fraction of sp³-hybridized carbons (Fsp3) is 0.731. The van der Waals surface area contributed by atoms with Gasteiger partial charge in [0.2, 0.25) is 0 Å². The minimum atomic E-state index is -0.259. The Morgan fingerprint density at radius 3 is 1.87 bits per heavy atom. The first-order chi connectivity index (χ1) is 14.5. The third-order valence-corrected chi connectivity index (χ3v) is 7.23. The lowest BCUT2D eigenvalue weighted by molar-refractivity contribution is -0.147. The number of carbonyl (C=O) groups excluding carboxylic acids is 1. The molecule has 2 nitrogen and oxygen atoms in total. The van der Waals surface area contributed by atoms with Crippen LogP contribution in [0, 0.1) is 0 Å². The van der Waals surface area contributed by atoms with Crippen LogP contribution in [0.15, 0.2) is 30.3 Å². The molecule has 172 valence electrons. The second kappa shape index (κ2) is 18.2. The van der Waals surface area contributed by atoms with Crippen LogP contribution in [0.4, 0.5) is 0 Å². The highest BCUT2D eigenvalue weighted by molar-refractivity contribution is 9.10. The van der Waals surface area contributed by atoms with Crippen molar-refractivity contribution >= 4 is 37.8 Å². The minimum Gasteiger partial charge on any atom is -0.457 e. The van der Waals surface area contributed by atoms with Crippen LogP contribution in [0.3, 0.4) is 0 Å². The molecule has 1 rings (SSSR count). The molecule has 0 radical (unpaired) electrons. The van der Waals surface area contributed by atoms with Crippen molar-refractivity contribution in [2.75, 3.05) is 0 Å². The van der Waals surface area contributed by atoms with Gasteiger partial charge in [-0.05, 0) is 25.3 Å². The number of carbonyl (C=O) groups is 1. The van der Waals surface area contributed by atoms with Crippen molar-refractivity contribution < 1.29 is 9.53 Å². The largest absolute Gasteiger partial charge is 0.457 e. The molecule has 0 saturated carbocycles. The fourth-order valence-electron chi connectivity index (χ4n) is 3.69. The Kier molecular flexibility index (Phi) is 16.8. The number of hydrogen-bond acceptors (Lipinski definition) is 2. The second-order valence-electron chi connectivity index (χ2n) is 8.47. The molecule has 3 atom stereocenters. The SMILES string of the molecule is CCCCCCCCCCCCCCC(Br)CC(Br)C(=O)OC(C)c1ccccc1. The zero-order valence-corrected chi connectivity index (χ0v) is 22.3. The summed E-state index contributed by atoms with van der Waals surface area (Å²) >= 11 is 7.27. The summed E-state index contributed by atoms with van der Waals surface area (Å²) < 4.78 is 5.61. The molecular weight excluding hydrogens is 504 g/mol. The van der Waals surface area contributed by atoms with Gasteiger partial charge in [0.25, 0.3) is 0 Å². The number of rotatable bonds is 18. The van der Waals surface area contributed by atoms with Gasteiger partial charge in [0, 0.05) is 4.83 Å². The van der Waals surface area contributed by atoms with Crippen molar-refractivity contribution in [1.82, 2.24) is 0 Å². The maximum Gasteiger partial charge on any atom is 0.320 e. The second-order valence-corrected chi connectivity index (χ2v) is 10.9. The number of unbranched alkanes of at least 4 members (excludes halogenated alkanes) is 11. The van der Waals surface area contributed by atoms with Crippen LogP contribution in [0.25, 0.3) is 0 Å². The fourth-order valence-corrected chi connectivity index (χ4v) is 5.44. The van der Waals surface area contributed by atoms with Crippen LogP contribution in [0.1, 0.15) is 115 Å². The number of alkyl halides is 2. The minimum absolute atomic E-state index is 0.175. The normalized spacial score (nSPS) is 14.3. The van der Waals surface area contributed by atoms with E-state index in [1.54, 1.807) is 0 Å². The lowest BCUT2D eigenvalue weighted by Gasteiger charge is -2.18. The Morgan fingerprint density at radius 2 is 1.33 bits per heavy atom. The van der Waals surface area contributed by atoms with Gasteiger partial charge in [-0.2, -0.15) is 0 Å². The average Bonchev–Trinajstić information content (AvgIpc) is 2.75. The van der Waals surface area contributed by atoms with Crippen molar-refractivity contribution in [3.63, 3.8) is 0 Å². The summed E-state index contributed by atoms with van der Waals surface area (Å²) in [5, 5.41) is 0. The zero-order chi connectivity index (χ0) is 22.0. The predicted octanol–water partition coefficient (Wildman–Crippen LogP) is 9.30. The molecule has 0 heterocycles. The van der Waals surface area contributed by atoms with Crippen LogP contribution < -0.4 is 0 Å². The first-order valence-corrected chi connectivity index (χ1v) is 13.9. The number of hydrogen-bond donors (Lipinski definition) is 0.